The summed E-state index contributed by atoms with van der Waals surface area (Å²) in [5.74, 6) is 0.569. The molecule has 5 rings (SSSR count). The lowest BCUT2D eigenvalue weighted by molar-refractivity contribution is -0.122. The van der Waals surface area contributed by atoms with Gasteiger partial charge in [-0.15, -0.1) is 0 Å². The van der Waals surface area contributed by atoms with Gasteiger partial charge in [0.15, 0.2) is 0 Å². The maximum atomic E-state index is 12.5. The Balaban J connectivity index is 1.08. The Kier molecular flexibility index (Phi) is 4.81. The molecular weight excluding hydrogens is 368 g/mol. The number of fused-ring (bicyclic) bond motifs is 2. The number of carbonyl (C=O) groups excluding carboxylic acids is 2. The molecule has 0 N–H and O–H groups in total. The topological polar surface area (TPSA) is 59.1 Å². The number of likely N-dealkylation sites (tertiary alicyclic amines) is 1. The zero-order chi connectivity index (χ0) is 19.8. The third kappa shape index (κ3) is 3.54. The summed E-state index contributed by atoms with van der Waals surface area (Å²) in [6, 6.07) is 15.1. The minimum absolute atomic E-state index is 0.179. The summed E-state index contributed by atoms with van der Waals surface area (Å²) < 4.78 is 12.1. The summed E-state index contributed by atoms with van der Waals surface area (Å²) in [6.07, 6.45) is 2.65. The van der Waals surface area contributed by atoms with E-state index >= 15 is 0 Å². The smallest absolute Gasteiger partial charge is 0.261 e. The Hall–Kier alpha value is -2.70. The molecule has 29 heavy (non-hydrogen) atoms. The third-order valence-corrected chi connectivity index (χ3v) is 6.01. The van der Waals surface area contributed by atoms with Gasteiger partial charge in [0.1, 0.15) is 5.75 Å². The van der Waals surface area contributed by atoms with Gasteiger partial charge in [-0.25, -0.2) is 0 Å². The van der Waals surface area contributed by atoms with Crippen LogP contribution >= 0.6 is 0 Å². The summed E-state index contributed by atoms with van der Waals surface area (Å²) in [5, 5.41) is 0. The van der Waals surface area contributed by atoms with Crippen LogP contribution in [0.2, 0.25) is 0 Å². The molecule has 6 nitrogen and oxygen atoms in total. The highest BCUT2D eigenvalue weighted by molar-refractivity contribution is 6.21. The van der Waals surface area contributed by atoms with Gasteiger partial charge in [-0.05, 0) is 31.0 Å². The molecule has 3 aliphatic rings. The molecule has 6 heteroatoms. The molecule has 3 heterocycles. The van der Waals surface area contributed by atoms with Crippen LogP contribution in [0.3, 0.4) is 0 Å². The number of para-hydroxylation sites is 1. The summed E-state index contributed by atoms with van der Waals surface area (Å²) in [5.41, 5.74) is 2.24. The Bertz CT molecular complexity index is 876. The fourth-order valence-corrected chi connectivity index (χ4v) is 4.39. The largest absolute Gasteiger partial charge is 0.464 e. The third-order valence-electron chi connectivity index (χ3n) is 6.01. The predicted molar refractivity (Wildman–Crippen MR) is 107 cm³/mol. The molecule has 2 aromatic carbocycles. The molecule has 1 fully saturated rings. The van der Waals surface area contributed by atoms with Crippen LogP contribution in [0.25, 0.3) is 0 Å². The fraction of sp³-hybridized carbons (Fsp3) is 0.391. The molecule has 0 spiro atoms. The maximum absolute atomic E-state index is 12.5. The molecule has 1 unspecified atom stereocenters. The lowest BCUT2D eigenvalue weighted by Gasteiger charge is -2.33. The van der Waals surface area contributed by atoms with Gasteiger partial charge in [0.2, 0.25) is 6.29 Å². The van der Waals surface area contributed by atoms with Crippen molar-refractivity contribution in [1.29, 1.82) is 0 Å². The van der Waals surface area contributed by atoms with E-state index in [0.29, 0.717) is 24.2 Å². The van der Waals surface area contributed by atoms with E-state index in [4.69, 9.17) is 9.47 Å². The predicted octanol–water partition coefficient (Wildman–Crippen LogP) is 2.72. The molecule has 150 valence electrons. The van der Waals surface area contributed by atoms with Gasteiger partial charge >= 0.3 is 0 Å². The zero-order valence-electron chi connectivity index (χ0n) is 16.3. The van der Waals surface area contributed by atoms with E-state index in [2.05, 4.69) is 11.0 Å². The Morgan fingerprint density at radius 3 is 2.24 bits per heavy atom. The van der Waals surface area contributed by atoms with E-state index in [1.165, 1.54) is 10.5 Å². The molecule has 0 radical (unpaired) electrons. The van der Waals surface area contributed by atoms with Gasteiger partial charge in [-0.2, -0.15) is 0 Å². The van der Waals surface area contributed by atoms with E-state index in [-0.39, 0.29) is 24.2 Å². The molecule has 0 saturated carbocycles. The van der Waals surface area contributed by atoms with E-state index in [1.807, 2.05) is 18.2 Å². The molecular formula is C23H24N2O4. The van der Waals surface area contributed by atoms with Crippen LogP contribution in [0.5, 0.6) is 5.75 Å². The highest BCUT2D eigenvalue weighted by atomic mass is 16.7. The van der Waals surface area contributed by atoms with E-state index in [0.717, 1.165) is 38.1 Å². The van der Waals surface area contributed by atoms with Crippen molar-refractivity contribution >= 4 is 11.8 Å². The Morgan fingerprint density at radius 2 is 1.55 bits per heavy atom. The number of hydrogen-bond acceptors (Lipinski definition) is 5. The van der Waals surface area contributed by atoms with Crippen molar-refractivity contribution in [3.63, 3.8) is 0 Å². The van der Waals surface area contributed by atoms with Crippen LogP contribution in [0.15, 0.2) is 48.5 Å². The summed E-state index contributed by atoms with van der Waals surface area (Å²) in [7, 11) is 0. The summed E-state index contributed by atoms with van der Waals surface area (Å²) >= 11 is 0. The van der Waals surface area contributed by atoms with E-state index in [9.17, 15) is 9.59 Å². The number of piperidine rings is 1. The lowest BCUT2D eigenvalue weighted by atomic mass is 10.1. The van der Waals surface area contributed by atoms with Crippen molar-refractivity contribution in [3.8, 4) is 5.75 Å². The van der Waals surface area contributed by atoms with E-state index in [1.54, 1.807) is 24.3 Å². The molecule has 0 bridgehead atoms. The second kappa shape index (κ2) is 7.61. The van der Waals surface area contributed by atoms with Crippen LogP contribution in [-0.2, 0) is 11.2 Å². The number of carbonyl (C=O) groups is 2. The maximum Gasteiger partial charge on any atom is 0.261 e. The highest BCUT2D eigenvalue weighted by Gasteiger charge is 2.35. The number of nitrogens with zero attached hydrogens (tertiary/aromatic N) is 2. The first-order valence-corrected chi connectivity index (χ1v) is 10.3. The molecule has 1 atom stereocenters. The second-order valence-corrected chi connectivity index (χ2v) is 7.84. The number of hydrogen-bond donors (Lipinski definition) is 0. The standard InChI is InChI=1S/C23H24N2O4/c26-22-18-6-2-3-7-19(18)23(27)25(22)14-13-24-11-9-17(10-12-24)28-21-15-16-5-1-4-8-20(16)29-21/h1-8,17,21H,9-15H2. The minimum atomic E-state index is -0.192. The van der Waals surface area contributed by atoms with Gasteiger partial charge in [-0.1, -0.05) is 30.3 Å². The second-order valence-electron chi connectivity index (χ2n) is 7.84. The fourth-order valence-electron chi connectivity index (χ4n) is 4.39. The van der Waals surface area contributed by atoms with Crippen molar-refractivity contribution in [2.75, 3.05) is 26.2 Å². The quantitative estimate of drug-likeness (QED) is 0.733. The first-order chi connectivity index (χ1) is 14.2. The van der Waals surface area contributed by atoms with Crippen molar-refractivity contribution in [2.24, 2.45) is 0 Å². The van der Waals surface area contributed by atoms with Crippen molar-refractivity contribution in [2.45, 2.75) is 31.7 Å². The number of imide groups is 1. The summed E-state index contributed by atoms with van der Waals surface area (Å²) in [6.45, 7) is 2.92. The SMILES string of the molecule is O=C1c2ccccc2C(=O)N1CCN1CCC(OC2Cc3ccccc3O2)CC1. The molecule has 2 amide bonds. The molecule has 2 aromatic rings. The Morgan fingerprint density at radius 1 is 0.897 bits per heavy atom. The van der Waals surface area contributed by atoms with Crippen LogP contribution in [-0.4, -0.2) is 60.2 Å². The number of rotatable bonds is 5. The zero-order valence-corrected chi connectivity index (χ0v) is 16.3. The monoisotopic (exact) mass is 392 g/mol. The highest BCUT2D eigenvalue weighted by Crippen LogP contribution is 2.30. The van der Waals surface area contributed by atoms with Gasteiger partial charge in [-0.3, -0.25) is 14.5 Å². The molecule has 0 aromatic heterocycles. The van der Waals surface area contributed by atoms with Crippen molar-refractivity contribution in [1.82, 2.24) is 9.80 Å². The van der Waals surface area contributed by atoms with Crippen LogP contribution in [0, 0.1) is 0 Å². The number of amides is 2. The normalized spacial score (nSPS) is 21.9. The average molecular weight is 392 g/mol. The van der Waals surface area contributed by atoms with Gasteiger partial charge in [0.25, 0.3) is 11.8 Å². The van der Waals surface area contributed by atoms with Gasteiger partial charge < -0.3 is 14.4 Å². The molecule has 1 saturated heterocycles. The number of ether oxygens (including phenoxy) is 2. The summed E-state index contributed by atoms with van der Waals surface area (Å²) in [4.78, 5) is 28.6. The Labute approximate surface area is 170 Å². The van der Waals surface area contributed by atoms with Gasteiger partial charge in [0, 0.05) is 38.2 Å². The van der Waals surface area contributed by atoms with E-state index < -0.39 is 0 Å². The average Bonchev–Trinajstić information content (AvgIpc) is 3.26. The van der Waals surface area contributed by atoms with Crippen LogP contribution < -0.4 is 4.74 Å². The van der Waals surface area contributed by atoms with Crippen LogP contribution in [0.1, 0.15) is 39.1 Å². The first-order valence-electron chi connectivity index (χ1n) is 10.3. The molecule has 3 aliphatic heterocycles. The first kappa shape index (κ1) is 18.3. The van der Waals surface area contributed by atoms with Gasteiger partial charge in [0.05, 0.1) is 17.2 Å². The molecule has 0 aliphatic carbocycles. The van der Waals surface area contributed by atoms with Crippen LogP contribution in [0.4, 0.5) is 0 Å². The lowest BCUT2D eigenvalue weighted by Crippen LogP contribution is -2.43. The van der Waals surface area contributed by atoms with Crippen molar-refractivity contribution in [3.05, 3.63) is 65.2 Å². The minimum Gasteiger partial charge on any atom is -0.464 e. The number of benzene rings is 2. The van der Waals surface area contributed by atoms with Crippen molar-refractivity contribution < 1.29 is 19.1 Å².